The van der Waals surface area contributed by atoms with Gasteiger partial charge in [-0.2, -0.15) is 5.48 Å². The quantitative estimate of drug-likeness (QED) is 0.392. The van der Waals surface area contributed by atoms with E-state index < -0.39 is 0 Å². The Hall–Kier alpha value is 0.350. The maximum Gasteiger partial charge on any atom is 0.0257 e. The highest BCUT2D eigenvalue weighted by Crippen LogP contribution is 1.72. The van der Waals surface area contributed by atoms with Gasteiger partial charge in [0, 0.05) is 16.0 Å². The van der Waals surface area contributed by atoms with Crippen LogP contribution >= 0.6 is 9.47 Å². The van der Waals surface area contributed by atoms with E-state index in [0.717, 1.165) is 6.54 Å². The van der Waals surface area contributed by atoms with Crippen molar-refractivity contribution in [3.05, 3.63) is 0 Å². The molecule has 1 N–H and O–H groups in total. The van der Waals surface area contributed by atoms with E-state index in [2.05, 4.69) is 19.6 Å². The van der Waals surface area contributed by atoms with Crippen LogP contribution in [0.25, 0.3) is 0 Å². The zero-order valence-electron chi connectivity index (χ0n) is 3.19. The summed E-state index contributed by atoms with van der Waals surface area (Å²) in [5.41, 5.74) is 2.57. The molecule has 0 fully saturated rings. The number of nitrogens with one attached hydrogen (secondary N) is 1. The first-order chi connectivity index (χ1) is 2.41. The van der Waals surface area contributed by atoms with Gasteiger partial charge >= 0.3 is 0 Å². The van der Waals surface area contributed by atoms with Crippen molar-refractivity contribution in [1.29, 1.82) is 0 Å². The molecule has 0 heterocycles. The fraction of sp³-hybridized carbons (Fsp3) is 1.00. The summed E-state index contributed by atoms with van der Waals surface area (Å²) in [6.07, 6.45) is 0. The van der Waals surface area contributed by atoms with E-state index in [0.29, 0.717) is 0 Å². The molecule has 1 atom stereocenters. The van der Waals surface area contributed by atoms with Crippen LogP contribution in [0.2, 0.25) is 0 Å². The summed E-state index contributed by atoms with van der Waals surface area (Å²) in [5.74, 6) is 0. The molecule has 0 radical (unpaired) electrons. The number of hydrogen-bond acceptors (Lipinski definition) is 2. The van der Waals surface area contributed by atoms with Gasteiger partial charge in [0.25, 0.3) is 0 Å². The van der Waals surface area contributed by atoms with Gasteiger partial charge in [-0.05, 0) is 0 Å². The summed E-state index contributed by atoms with van der Waals surface area (Å²) in [5, 5.41) is 0. The molecule has 32 valence electrons. The summed E-state index contributed by atoms with van der Waals surface area (Å²) in [6.45, 7) is 2.81. The van der Waals surface area contributed by atoms with Crippen LogP contribution in [0.5, 0.6) is 0 Å². The zero-order valence-corrected chi connectivity index (χ0v) is 4.35. The maximum absolute atomic E-state index is 4.36. The Morgan fingerprint density at radius 3 is 2.60 bits per heavy atom. The molecule has 5 heavy (non-hydrogen) atoms. The van der Waals surface area contributed by atoms with E-state index in [-0.39, 0.29) is 0 Å². The van der Waals surface area contributed by atoms with Crippen LogP contribution in [0.15, 0.2) is 0 Å². The van der Waals surface area contributed by atoms with Gasteiger partial charge in [0.05, 0.1) is 0 Å². The maximum atomic E-state index is 4.36. The van der Waals surface area contributed by atoms with E-state index in [4.69, 9.17) is 0 Å². The van der Waals surface area contributed by atoms with Gasteiger partial charge in [-0.3, -0.25) is 4.62 Å². The predicted octanol–water partition coefficient (Wildman–Crippen LogP) is 0.318. The van der Waals surface area contributed by atoms with Gasteiger partial charge in [-0.1, -0.05) is 6.92 Å². The van der Waals surface area contributed by atoms with Crippen molar-refractivity contribution in [3.63, 3.8) is 0 Å². The van der Waals surface area contributed by atoms with Crippen molar-refractivity contribution in [2.45, 2.75) is 6.92 Å². The molecule has 0 aromatic rings. The fourth-order valence-corrected chi connectivity index (χ4v) is 0.250. The standard InChI is InChI=1S/C2H8NOP/c1-2-3-4-5/h3H,2,5H2,1H3. The summed E-state index contributed by atoms with van der Waals surface area (Å²) >= 11 is 0. The Balaban J connectivity index is 2.19. The second-order valence-electron chi connectivity index (χ2n) is 0.616. The zero-order chi connectivity index (χ0) is 4.12. The lowest BCUT2D eigenvalue weighted by atomic mass is 10.8. The SMILES string of the molecule is CCNOP. The molecule has 0 saturated carbocycles. The number of rotatable bonds is 2. The number of hydroxylamine groups is 1. The predicted molar refractivity (Wildman–Crippen MR) is 24.5 cm³/mol. The van der Waals surface area contributed by atoms with Crippen LogP contribution in [-0.4, -0.2) is 6.54 Å². The average Bonchev–Trinajstić information content (AvgIpc) is 1.41. The Bertz CT molecular complexity index is 17.1. The van der Waals surface area contributed by atoms with Crippen molar-refractivity contribution < 1.29 is 4.62 Å². The molecular formula is C2H8NOP. The Kier molecular flexibility index (Phi) is 4.65. The third-order valence-corrected chi connectivity index (χ3v) is 0.394. The fourth-order valence-electron chi connectivity index (χ4n) is 0.0833. The summed E-state index contributed by atoms with van der Waals surface area (Å²) in [6, 6.07) is 0. The lowest BCUT2D eigenvalue weighted by Gasteiger charge is -1.88. The van der Waals surface area contributed by atoms with Gasteiger partial charge < -0.3 is 0 Å². The first-order valence-corrected chi connectivity index (χ1v) is 1.97. The van der Waals surface area contributed by atoms with E-state index in [1.54, 1.807) is 0 Å². The molecular weight excluding hydrogens is 85.0 g/mol. The second kappa shape index (κ2) is 4.35. The third-order valence-electron chi connectivity index (χ3n) is 0.228. The smallest absolute Gasteiger partial charge is 0.0257 e. The largest absolute Gasteiger partial charge is 0.287 e. The minimum Gasteiger partial charge on any atom is -0.287 e. The molecule has 0 spiro atoms. The highest BCUT2D eigenvalue weighted by Gasteiger charge is 1.61. The monoisotopic (exact) mass is 93.0 g/mol. The first-order valence-electron chi connectivity index (χ1n) is 1.50. The minimum absolute atomic E-state index is 0.851. The van der Waals surface area contributed by atoms with Gasteiger partial charge in [-0.25, -0.2) is 0 Å². The molecule has 0 aliphatic heterocycles. The molecule has 0 aliphatic rings. The third kappa shape index (κ3) is 4.35. The first kappa shape index (κ1) is 5.35. The lowest BCUT2D eigenvalue weighted by Crippen LogP contribution is -2.04. The summed E-state index contributed by atoms with van der Waals surface area (Å²) in [7, 11) is 2.09. The second-order valence-corrected chi connectivity index (χ2v) is 0.851. The Morgan fingerprint density at radius 1 is 2.00 bits per heavy atom. The van der Waals surface area contributed by atoms with Crippen molar-refractivity contribution in [1.82, 2.24) is 5.48 Å². The van der Waals surface area contributed by atoms with Gasteiger partial charge in [0.15, 0.2) is 0 Å². The molecule has 0 aliphatic carbocycles. The molecule has 0 rings (SSSR count). The van der Waals surface area contributed by atoms with Crippen LogP contribution in [0.1, 0.15) is 6.92 Å². The highest BCUT2D eigenvalue weighted by molar-refractivity contribution is 7.09. The normalized spacial score (nSPS) is 8.40. The van der Waals surface area contributed by atoms with E-state index >= 15 is 0 Å². The van der Waals surface area contributed by atoms with Crippen molar-refractivity contribution >= 4 is 9.47 Å². The minimum atomic E-state index is 0.851. The van der Waals surface area contributed by atoms with Crippen molar-refractivity contribution in [3.8, 4) is 0 Å². The van der Waals surface area contributed by atoms with Crippen LogP contribution in [-0.2, 0) is 4.62 Å². The van der Waals surface area contributed by atoms with Crippen LogP contribution in [0.3, 0.4) is 0 Å². The van der Waals surface area contributed by atoms with Crippen LogP contribution in [0, 0.1) is 0 Å². The Morgan fingerprint density at radius 2 is 2.60 bits per heavy atom. The average molecular weight is 93.1 g/mol. The van der Waals surface area contributed by atoms with Crippen molar-refractivity contribution in [2.75, 3.05) is 6.54 Å². The Labute approximate surface area is 34.1 Å². The molecule has 0 bridgehead atoms. The molecule has 0 aromatic heterocycles. The molecule has 0 aromatic carbocycles. The van der Waals surface area contributed by atoms with Crippen LogP contribution < -0.4 is 5.48 Å². The van der Waals surface area contributed by atoms with Gasteiger partial charge in [0.1, 0.15) is 0 Å². The summed E-state index contributed by atoms with van der Waals surface area (Å²) < 4.78 is 4.36. The van der Waals surface area contributed by atoms with E-state index in [9.17, 15) is 0 Å². The lowest BCUT2D eigenvalue weighted by molar-refractivity contribution is 0.244. The molecule has 0 amide bonds. The van der Waals surface area contributed by atoms with Gasteiger partial charge in [-0.15, -0.1) is 0 Å². The highest BCUT2D eigenvalue weighted by atomic mass is 31.0. The van der Waals surface area contributed by atoms with E-state index in [1.807, 2.05) is 6.92 Å². The van der Waals surface area contributed by atoms with Gasteiger partial charge in [0.2, 0.25) is 0 Å². The van der Waals surface area contributed by atoms with E-state index in [1.165, 1.54) is 0 Å². The number of hydrogen-bond donors (Lipinski definition) is 1. The topological polar surface area (TPSA) is 21.3 Å². The molecule has 0 saturated heterocycles. The molecule has 3 heteroatoms. The van der Waals surface area contributed by atoms with Crippen molar-refractivity contribution in [2.24, 2.45) is 0 Å². The molecule has 2 nitrogen and oxygen atoms in total. The van der Waals surface area contributed by atoms with Crippen LogP contribution in [0.4, 0.5) is 0 Å². The molecule has 1 unspecified atom stereocenters. The summed E-state index contributed by atoms with van der Waals surface area (Å²) in [4.78, 5) is 0.